The predicted molar refractivity (Wildman–Crippen MR) is 76.5 cm³/mol. The van der Waals surface area contributed by atoms with Crippen LogP contribution < -0.4 is 10.2 Å². The van der Waals surface area contributed by atoms with Crippen molar-refractivity contribution in [2.45, 2.75) is 32.2 Å². The molecule has 19 heavy (non-hydrogen) atoms. The van der Waals surface area contributed by atoms with Crippen molar-refractivity contribution in [3.63, 3.8) is 0 Å². The van der Waals surface area contributed by atoms with E-state index in [1.54, 1.807) is 6.92 Å². The molecule has 0 spiro atoms. The maximum Gasteiger partial charge on any atom is 0.251 e. The van der Waals surface area contributed by atoms with Gasteiger partial charge in [-0.25, -0.2) is 0 Å². The number of aliphatic hydroxyl groups excluding tert-OH is 1. The lowest BCUT2D eigenvalue weighted by molar-refractivity contribution is 0.0922. The molecule has 1 aliphatic rings. The zero-order valence-electron chi connectivity index (χ0n) is 11.4. The third-order valence-electron chi connectivity index (χ3n) is 3.50. The second-order valence-electron chi connectivity index (χ2n) is 5.15. The molecule has 0 radical (unpaired) electrons. The van der Waals surface area contributed by atoms with Gasteiger partial charge in [0, 0.05) is 30.4 Å². The maximum atomic E-state index is 11.9. The molecule has 4 nitrogen and oxygen atoms in total. The molecule has 0 bridgehead atoms. The minimum absolute atomic E-state index is 0.0440. The fourth-order valence-corrected chi connectivity index (χ4v) is 2.33. The summed E-state index contributed by atoms with van der Waals surface area (Å²) < 4.78 is 0. The van der Waals surface area contributed by atoms with Crippen LogP contribution in [0, 0.1) is 0 Å². The van der Waals surface area contributed by atoms with Crippen LogP contribution in [0.15, 0.2) is 24.3 Å². The first-order chi connectivity index (χ1) is 9.20. The molecule has 1 atom stereocenters. The summed E-state index contributed by atoms with van der Waals surface area (Å²) in [5.74, 6) is -0.133. The number of carbonyl (C=O) groups excluding carboxylic acids is 1. The predicted octanol–water partition coefficient (Wildman–Crippen LogP) is 1.79. The number of piperidine rings is 1. The smallest absolute Gasteiger partial charge is 0.251 e. The van der Waals surface area contributed by atoms with E-state index >= 15 is 0 Å². The summed E-state index contributed by atoms with van der Waals surface area (Å²) in [6, 6.07) is 7.50. The van der Waals surface area contributed by atoms with Crippen LogP contribution in [0.4, 0.5) is 5.69 Å². The van der Waals surface area contributed by atoms with Gasteiger partial charge in [-0.2, -0.15) is 0 Å². The largest absolute Gasteiger partial charge is 0.394 e. The molecule has 1 aromatic carbocycles. The van der Waals surface area contributed by atoms with Gasteiger partial charge < -0.3 is 15.3 Å². The van der Waals surface area contributed by atoms with Crippen LogP contribution >= 0.6 is 0 Å². The van der Waals surface area contributed by atoms with Crippen molar-refractivity contribution in [2.24, 2.45) is 0 Å². The molecule has 1 aliphatic heterocycles. The lowest BCUT2D eigenvalue weighted by Gasteiger charge is -2.28. The number of nitrogens with one attached hydrogen (secondary N) is 1. The quantitative estimate of drug-likeness (QED) is 0.870. The van der Waals surface area contributed by atoms with Gasteiger partial charge >= 0.3 is 0 Å². The number of benzene rings is 1. The van der Waals surface area contributed by atoms with Crippen molar-refractivity contribution >= 4 is 11.6 Å². The summed E-state index contributed by atoms with van der Waals surface area (Å²) in [6.07, 6.45) is 3.81. The number of hydrogen-bond donors (Lipinski definition) is 2. The van der Waals surface area contributed by atoms with Gasteiger partial charge in [0.15, 0.2) is 0 Å². The van der Waals surface area contributed by atoms with Crippen molar-refractivity contribution < 1.29 is 9.90 Å². The summed E-state index contributed by atoms with van der Waals surface area (Å²) in [7, 11) is 0. The summed E-state index contributed by atoms with van der Waals surface area (Å²) in [4.78, 5) is 14.2. The fraction of sp³-hybridized carbons (Fsp3) is 0.533. The Morgan fingerprint density at radius 3 is 2.47 bits per heavy atom. The van der Waals surface area contributed by atoms with Gasteiger partial charge in [0.2, 0.25) is 0 Å². The normalized spacial score (nSPS) is 17.1. The molecule has 1 aromatic rings. The van der Waals surface area contributed by atoms with Crippen LogP contribution in [-0.2, 0) is 0 Å². The molecule has 4 heteroatoms. The summed E-state index contributed by atoms with van der Waals surface area (Å²) in [5.41, 5.74) is 1.83. The van der Waals surface area contributed by atoms with E-state index in [2.05, 4.69) is 10.2 Å². The average molecular weight is 262 g/mol. The lowest BCUT2D eigenvalue weighted by Crippen LogP contribution is -2.35. The number of hydrogen-bond acceptors (Lipinski definition) is 3. The average Bonchev–Trinajstić information content (AvgIpc) is 2.48. The monoisotopic (exact) mass is 262 g/mol. The Labute approximate surface area is 114 Å². The second-order valence-corrected chi connectivity index (χ2v) is 5.15. The SMILES string of the molecule is CC(CO)NC(=O)c1ccc(N2CCCCC2)cc1. The number of amides is 1. The lowest BCUT2D eigenvalue weighted by atomic mass is 10.1. The Balaban J connectivity index is 1.99. The van der Waals surface area contributed by atoms with E-state index < -0.39 is 0 Å². The van der Waals surface area contributed by atoms with Gasteiger partial charge in [0.1, 0.15) is 0 Å². The number of aliphatic hydroxyl groups is 1. The zero-order valence-corrected chi connectivity index (χ0v) is 11.4. The molecular formula is C15H22N2O2. The van der Waals surface area contributed by atoms with Gasteiger partial charge in [-0.15, -0.1) is 0 Å². The van der Waals surface area contributed by atoms with Crippen LogP contribution in [0.5, 0.6) is 0 Å². The number of anilines is 1. The summed E-state index contributed by atoms with van der Waals surface area (Å²) in [6.45, 7) is 3.94. The van der Waals surface area contributed by atoms with Crippen molar-refractivity contribution in [3.05, 3.63) is 29.8 Å². The van der Waals surface area contributed by atoms with Crippen molar-refractivity contribution in [1.82, 2.24) is 5.32 Å². The van der Waals surface area contributed by atoms with Gasteiger partial charge in [-0.05, 0) is 50.5 Å². The highest BCUT2D eigenvalue weighted by Crippen LogP contribution is 2.20. The van der Waals surface area contributed by atoms with E-state index in [1.807, 2.05) is 24.3 Å². The first-order valence-electron chi connectivity index (χ1n) is 6.97. The van der Waals surface area contributed by atoms with Crippen LogP contribution in [0.1, 0.15) is 36.5 Å². The first kappa shape index (κ1) is 13.9. The molecule has 2 rings (SSSR count). The third kappa shape index (κ3) is 3.70. The Morgan fingerprint density at radius 1 is 1.26 bits per heavy atom. The maximum absolute atomic E-state index is 11.9. The summed E-state index contributed by atoms with van der Waals surface area (Å²) in [5, 5.41) is 11.7. The fourth-order valence-electron chi connectivity index (χ4n) is 2.33. The van der Waals surface area contributed by atoms with E-state index in [1.165, 1.54) is 24.9 Å². The molecule has 1 amide bonds. The van der Waals surface area contributed by atoms with Crippen LogP contribution in [-0.4, -0.2) is 36.8 Å². The Kier molecular flexibility index (Phi) is 4.80. The summed E-state index contributed by atoms with van der Waals surface area (Å²) >= 11 is 0. The minimum atomic E-state index is -0.214. The molecular weight excluding hydrogens is 240 g/mol. The number of rotatable bonds is 4. The molecule has 104 valence electrons. The molecule has 1 unspecified atom stereocenters. The van der Waals surface area contributed by atoms with Crippen LogP contribution in [0.2, 0.25) is 0 Å². The van der Waals surface area contributed by atoms with Crippen molar-refractivity contribution in [1.29, 1.82) is 0 Å². The number of nitrogens with zero attached hydrogens (tertiary/aromatic N) is 1. The van der Waals surface area contributed by atoms with Gasteiger partial charge in [0.05, 0.1) is 6.61 Å². The van der Waals surface area contributed by atoms with Gasteiger partial charge in [-0.1, -0.05) is 0 Å². The standard InChI is InChI=1S/C15H22N2O2/c1-12(11-18)16-15(19)13-5-7-14(8-6-13)17-9-3-2-4-10-17/h5-8,12,18H,2-4,9-11H2,1H3,(H,16,19). The highest BCUT2D eigenvalue weighted by Gasteiger charge is 2.12. The molecule has 0 aliphatic carbocycles. The molecule has 2 N–H and O–H groups in total. The minimum Gasteiger partial charge on any atom is -0.394 e. The van der Waals surface area contributed by atoms with Crippen molar-refractivity contribution in [3.8, 4) is 0 Å². The van der Waals surface area contributed by atoms with E-state index in [9.17, 15) is 4.79 Å². The number of carbonyl (C=O) groups is 1. The molecule has 1 fully saturated rings. The topological polar surface area (TPSA) is 52.6 Å². The highest BCUT2D eigenvalue weighted by atomic mass is 16.3. The first-order valence-corrected chi connectivity index (χ1v) is 6.97. The molecule has 1 heterocycles. The Hall–Kier alpha value is -1.55. The van der Waals surface area contributed by atoms with E-state index in [4.69, 9.17) is 5.11 Å². The zero-order chi connectivity index (χ0) is 13.7. The second kappa shape index (κ2) is 6.57. The van der Waals surface area contributed by atoms with E-state index in [0.29, 0.717) is 5.56 Å². The molecule has 1 saturated heterocycles. The molecule has 0 saturated carbocycles. The van der Waals surface area contributed by atoms with Crippen LogP contribution in [0.25, 0.3) is 0 Å². The van der Waals surface area contributed by atoms with E-state index in [-0.39, 0.29) is 18.6 Å². The molecule has 0 aromatic heterocycles. The van der Waals surface area contributed by atoms with Gasteiger partial charge in [-0.3, -0.25) is 4.79 Å². The highest BCUT2D eigenvalue weighted by molar-refractivity contribution is 5.94. The van der Waals surface area contributed by atoms with Gasteiger partial charge in [0.25, 0.3) is 5.91 Å². The van der Waals surface area contributed by atoms with E-state index in [0.717, 1.165) is 13.1 Å². The Bertz CT molecular complexity index is 411. The third-order valence-corrected chi connectivity index (χ3v) is 3.50. The van der Waals surface area contributed by atoms with Crippen molar-refractivity contribution in [2.75, 3.05) is 24.6 Å². The Morgan fingerprint density at radius 2 is 1.89 bits per heavy atom. The van der Waals surface area contributed by atoms with Crippen LogP contribution in [0.3, 0.4) is 0 Å².